The van der Waals surface area contributed by atoms with Gasteiger partial charge in [0.2, 0.25) is 0 Å². The topological polar surface area (TPSA) is 187 Å². The second-order valence-corrected chi connectivity index (χ2v) is 35.8. The molecule has 8 aliphatic carbocycles. The normalized spacial score (nSPS) is 32.0. The van der Waals surface area contributed by atoms with Crippen molar-refractivity contribution in [1.82, 2.24) is 5.32 Å². The molecule has 1 amide bonds. The van der Waals surface area contributed by atoms with Crippen LogP contribution in [0.5, 0.6) is 0 Å². The Kier molecular flexibility index (Phi) is 26.0. The van der Waals surface area contributed by atoms with Gasteiger partial charge in [0.1, 0.15) is 12.1 Å². The van der Waals surface area contributed by atoms with Gasteiger partial charge < -0.3 is 31.5 Å². The van der Waals surface area contributed by atoms with Crippen molar-refractivity contribution < 1.29 is 79.2 Å². The molecule has 22 heteroatoms. The fourth-order valence-electron chi connectivity index (χ4n) is 12.1. The van der Waals surface area contributed by atoms with Gasteiger partial charge in [0, 0.05) is 48.4 Å². The van der Waals surface area contributed by atoms with Gasteiger partial charge in [-0.15, -0.1) is 0 Å². The van der Waals surface area contributed by atoms with Crippen molar-refractivity contribution in [2.24, 2.45) is 40.2 Å². The summed E-state index contributed by atoms with van der Waals surface area (Å²) in [6.45, 7) is 2.20. The van der Waals surface area contributed by atoms with Crippen LogP contribution in [0, 0.1) is 34.5 Å². The molecule has 0 spiro atoms. The van der Waals surface area contributed by atoms with Gasteiger partial charge in [-0.1, -0.05) is 76.5 Å². The molecule has 0 aromatic rings. The molecule has 8 rings (SSSR count). The number of carbonyl (C=O) groups excluding carboxylic acids is 2. The number of aliphatic hydroxyl groups is 2. The number of nitrogens with one attached hydrogen (secondary N) is 1. The summed E-state index contributed by atoms with van der Waals surface area (Å²) >= 11 is 9.94. The van der Waals surface area contributed by atoms with E-state index in [4.69, 9.17) is 10.8 Å². The minimum Gasteiger partial charge on any atom is -0.480 e. The van der Waals surface area contributed by atoms with E-state index < -0.39 is 64.0 Å². The molecule has 6 atom stereocenters. The number of thioether (sulfide) groups is 1. The van der Waals surface area contributed by atoms with Gasteiger partial charge in [-0.2, -0.15) is 26.3 Å². The van der Waals surface area contributed by atoms with Gasteiger partial charge in [-0.05, 0) is 113 Å². The van der Waals surface area contributed by atoms with Crippen LogP contribution in [0.1, 0.15) is 148 Å². The molecular weight excluding hydrogens is 1420 g/mol. The summed E-state index contributed by atoms with van der Waals surface area (Å²) in [5.41, 5.74) is 2.94. The van der Waals surface area contributed by atoms with E-state index >= 15 is 0 Å². The Balaban J connectivity index is 0.000000307. The molecule has 0 aliphatic heterocycles. The molecule has 0 aromatic heterocycles. The first-order valence-electron chi connectivity index (χ1n) is 21.1. The average molecular weight is 1480 g/mol. The predicted octanol–water partition coefficient (Wildman–Crippen LogP) is 8.46. The van der Waals surface area contributed by atoms with E-state index in [1.807, 2.05) is 0 Å². The van der Waals surface area contributed by atoms with Crippen molar-refractivity contribution in [3.63, 3.8) is 0 Å². The number of halogens is 11. The van der Waals surface area contributed by atoms with Gasteiger partial charge in [0.15, 0.2) is 0 Å². The summed E-state index contributed by atoms with van der Waals surface area (Å²) in [7, 11) is 0. The Bertz CT molecular complexity index is 1430. The predicted molar refractivity (Wildman–Crippen MR) is 257 cm³/mol. The van der Waals surface area contributed by atoms with Crippen LogP contribution in [0.4, 0.5) is 26.3 Å². The zero-order chi connectivity index (χ0) is 47.2. The van der Waals surface area contributed by atoms with Crippen LogP contribution in [0.25, 0.3) is 0 Å². The van der Waals surface area contributed by atoms with Crippen molar-refractivity contribution in [1.29, 1.82) is 0 Å². The molecule has 8 fully saturated rings. The Hall–Kier alpha value is 1.54. The van der Waals surface area contributed by atoms with Crippen molar-refractivity contribution in [3.05, 3.63) is 0 Å². The Morgan fingerprint density at radius 3 is 1.39 bits per heavy atom. The van der Waals surface area contributed by atoms with Crippen LogP contribution < -0.4 is 24.3 Å². The molecule has 0 radical (unpaired) electrons. The molecule has 4 unspecified atom stereocenters. The minimum atomic E-state index is -5.12. The van der Waals surface area contributed by atoms with E-state index in [1.54, 1.807) is 5.32 Å². The molecule has 10 nitrogen and oxygen atoms in total. The summed E-state index contributed by atoms with van der Waals surface area (Å²) in [5, 5.41) is 39.5. The van der Waals surface area contributed by atoms with Crippen LogP contribution in [-0.2, 0) is 19.2 Å². The number of nitrogens with two attached hydrogens (primary N) is 1. The molecule has 8 bridgehead atoms. The summed E-state index contributed by atoms with van der Waals surface area (Å²) in [4.78, 5) is 44.4. The number of carboxylic acids is 2. The number of amides is 1. The van der Waals surface area contributed by atoms with Crippen LogP contribution in [0.15, 0.2) is 0 Å². The molecule has 7 N–H and O–H groups in total. The average Bonchev–Trinajstić information content (AvgIpc) is 3.14. The maximum absolute atomic E-state index is 12.5. The quantitative estimate of drug-likeness (QED) is 0.0498. The zero-order valence-corrected chi connectivity index (χ0v) is 46.4. The second-order valence-electron chi connectivity index (χ2n) is 18.5. The van der Waals surface area contributed by atoms with E-state index in [2.05, 4.69) is 81.4 Å². The minimum absolute atomic E-state index is 0.121. The van der Waals surface area contributed by atoms with Gasteiger partial charge in [-0.25, -0.2) is 4.79 Å². The third-order valence-corrected chi connectivity index (χ3v) is 14.4. The van der Waals surface area contributed by atoms with Gasteiger partial charge in [0.25, 0.3) is 5.12 Å². The van der Waals surface area contributed by atoms with E-state index in [1.165, 1.54) is 38.5 Å². The largest absolute Gasteiger partial charge is 0.480 e. The Morgan fingerprint density at radius 2 is 1.05 bits per heavy atom. The second kappa shape index (κ2) is 27.1. The number of rotatable bonds is 16. The molecule has 0 aromatic carbocycles. The molecular formula is C40H62F6I5N2O8S-. The van der Waals surface area contributed by atoms with E-state index in [9.17, 15) is 60.8 Å². The summed E-state index contributed by atoms with van der Waals surface area (Å²) in [6, 6.07) is -2.41. The maximum atomic E-state index is 12.5. The first kappa shape index (κ1) is 59.7. The summed E-state index contributed by atoms with van der Waals surface area (Å²) in [5.74, 6) is -3.09. The van der Waals surface area contributed by atoms with E-state index in [0.29, 0.717) is 75.4 Å². The number of unbranched alkanes of at least 4 members (excludes halogenated alkanes) is 9. The van der Waals surface area contributed by atoms with Crippen molar-refractivity contribution >= 4 is 109 Å². The number of alkyl halides is 6. The summed E-state index contributed by atoms with van der Waals surface area (Å²) in [6.07, 6.45) is 10.0. The molecule has 62 heavy (non-hydrogen) atoms. The van der Waals surface area contributed by atoms with Crippen molar-refractivity contribution in [2.75, 3.05) is 5.75 Å². The molecule has 8 saturated carbocycles. The third-order valence-electron chi connectivity index (χ3n) is 13.4. The van der Waals surface area contributed by atoms with Crippen LogP contribution in [0.3, 0.4) is 0 Å². The van der Waals surface area contributed by atoms with Crippen LogP contribution in [-0.4, -0.2) is 84.8 Å². The molecule has 0 saturated heterocycles. The SMILES string of the molecule is CCCCCCCCCCCCSC(=O)C(F)(F)F.II.I[I-]I.N[C@H](C(=O)O)C12CC3CC(CC(O)(C3)C1)C2.O=C(O)[C@@H](NC(=O)C(F)(F)F)C12CC3CC(CC(O)(C3)C1)C2. The Morgan fingerprint density at radius 1 is 0.677 bits per heavy atom. The monoisotopic (exact) mass is 1480 g/mol. The zero-order valence-electron chi connectivity index (χ0n) is 34.8. The third kappa shape index (κ3) is 18.5. The van der Waals surface area contributed by atoms with Gasteiger partial charge >= 0.3 is 80.7 Å². The van der Waals surface area contributed by atoms with Crippen molar-refractivity contribution in [3.8, 4) is 0 Å². The molecule has 0 heterocycles. The van der Waals surface area contributed by atoms with Crippen LogP contribution in [0.2, 0.25) is 0 Å². The number of hydrogen-bond acceptors (Lipinski definition) is 8. The number of carbonyl (C=O) groups is 4. The standard InChI is InChI=1S/C14H18F3NO4.C14H25F3OS.C12H19NO3.I3.I2/c15-14(16,17)11(21)18-9(10(19)20)12-2-7-1-8(3-12)5-13(22,4-7)6-12;1-2-3-4-5-6-7-8-9-10-11-12-19-13(18)14(15,16)17;13-9(10(14)15)11-2-7-1-8(3-11)5-12(16,4-7)6-11;1-3-2;1-2/h7-9,22H,1-6H2,(H,18,21)(H,19,20);2-12H2,1H3;7-9,16H,1-6,13H2,(H,14,15);;/q;;;-1;/t7?,8?,9-,12?,13?;;7?,8?,9-,11?,12?;;/m1.1../s1. The number of aliphatic carboxylic acids is 2. The fraction of sp³-hybridized carbons (Fsp3) is 0.900. The molecule has 8 aliphatic rings. The Labute approximate surface area is 418 Å². The van der Waals surface area contributed by atoms with Gasteiger partial charge in [-0.3, -0.25) is 14.4 Å². The first-order chi connectivity index (χ1) is 28.9. The summed E-state index contributed by atoms with van der Waals surface area (Å²) < 4.78 is 73.0. The van der Waals surface area contributed by atoms with E-state index in [-0.39, 0.29) is 29.4 Å². The van der Waals surface area contributed by atoms with Gasteiger partial charge in [0.05, 0.1) is 11.2 Å². The number of carboxylic acid groups (broad SMARTS) is 2. The maximum Gasteiger partial charge on any atom is 0.471 e. The first-order valence-corrected chi connectivity index (χ1v) is 41.0. The molecule has 364 valence electrons. The fourth-order valence-corrected chi connectivity index (χ4v) is 12.8. The smallest absolute Gasteiger partial charge is 0.471 e. The van der Waals surface area contributed by atoms with E-state index in [0.717, 1.165) is 57.8 Å². The van der Waals surface area contributed by atoms with Crippen molar-refractivity contribution in [2.45, 2.75) is 184 Å². The van der Waals surface area contributed by atoms with Crippen LogP contribution >= 0.6 is 86.2 Å². The number of hydrogen-bond donors (Lipinski definition) is 6.